The van der Waals surface area contributed by atoms with E-state index in [9.17, 15) is 9.59 Å². The Morgan fingerprint density at radius 3 is 2.78 bits per heavy atom. The molecule has 138 valence electrons. The van der Waals surface area contributed by atoms with E-state index in [1.807, 2.05) is 19.9 Å². The van der Waals surface area contributed by atoms with Gasteiger partial charge in [0.2, 0.25) is 0 Å². The van der Waals surface area contributed by atoms with Crippen LogP contribution in [0.4, 0.5) is 11.4 Å². The first kappa shape index (κ1) is 17.4. The molecule has 0 fully saturated rings. The van der Waals surface area contributed by atoms with Crippen LogP contribution in [0.5, 0.6) is 5.75 Å². The highest BCUT2D eigenvalue weighted by Crippen LogP contribution is 2.33. The number of halogens is 1. The van der Waals surface area contributed by atoms with Gasteiger partial charge in [0.15, 0.2) is 11.9 Å². The summed E-state index contributed by atoms with van der Waals surface area (Å²) < 4.78 is 11.3. The maximum atomic E-state index is 12.7. The van der Waals surface area contributed by atoms with E-state index in [0.717, 1.165) is 10.9 Å². The molecule has 0 spiro atoms. The topological polar surface area (TPSA) is 80.6 Å². The number of nitrogens with one attached hydrogen (secondary N) is 2. The van der Waals surface area contributed by atoms with Gasteiger partial charge in [-0.3, -0.25) is 9.59 Å². The number of rotatable bonds is 2. The second-order valence-corrected chi connectivity index (χ2v) is 6.98. The van der Waals surface area contributed by atoms with Crippen molar-refractivity contribution in [3.63, 3.8) is 0 Å². The van der Waals surface area contributed by atoms with E-state index < -0.39 is 6.10 Å². The average Bonchev–Trinajstić information content (AvgIpc) is 2.93. The third-order valence-electron chi connectivity index (χ3n) is 4.59. The summed E-state index contributed by atoms with van der Waals surface area (Å²) in [4.78, 5) is 24.5. The third-order valence-corrected chi connectivity index (χ3v) is 5.00. The number of fused-ring (bicyclic) bond motifs is 2. The number of aryl methyl sites for hydroxylation is 2. The zero-order valence-electron chi connectivity index (χ0n) is 15.0. The van der Waals surface area contributed by atoms with Crippen molar-refractivity contribution in [1.82, 2.24) is 0 Å². The van der Waals surface area contributed by atoms with Crippen molar-refractivity contribution in [3.05, 3.63) is 52.2 Å². The Labute approximate surface area is 160 Å². The highest BCUT2D eigenvalue weighted by Gasteiger charge is 2.24. The SMILES string of the molecule is Cc1cc2oc(C(=O)Nc3ccc4c(c3)NC(=O)[C@H](C)O4)c(C)c2cc1Cl. The minimum atomic E-state index is -0.550. The number of anilines is 2. The van der Waals surface area contributed by atoms with Crippen LogP contribution < -0.4 is 15.4 Å². The number of benzene rings is 2. The minimum Gasteiger partial charge on any atom is -0.479 e. The van der Waals surface area contributed by atoms with Gasteiger partial charge in [-0.25, -0.2) is 0 Å². The summed E-state index contributed by atoms with van der Waals surface area (Å²) in [6.45, 7) is 5.37. The number of amides is 2. The molecule has 0 saturated carbocycles. The first-order valence-electron chi connectivity index (χ1n) is 8.45. The summed E-state index contributed by atoms with van der Waals surface area (Å²) >= 11 is 6.18. The van der Waals surface area contributed by atoms with Crippen molar-refractivity contribution in [2.24, 2.45) is 0 Å². The molecule has 1 aliphatic rings. The molecule has 0 radical (unpaired) electrons. The van der Waals surface area contributed by atoms with Gasteiger partial charge in [-0.15, -0.1) is 0 Å². The van der Waals surface area contributed by atoms with Crippen LogP contribution in [-0.4, -0.2) is 17.9 Å². The van der Waals surface area contributed by atoms with E-state index in [0.29, 0.717) is 33.3 Å². The maximum absolute atomic E-state index is 12.7. The third kappa shape index (κ3) is 3.02. The van der Waals surface area contributed by atoms with Gasteiger partial charge in [-0.05, 0) is 56.7 Å². The fourth-order valence-electron chi connectivity index (χ4n) is 3.03. The van der Waals surface area contributed by atoms with Crippen LogP contribution >= 0.6 is 11.6 Å². The molecule has 7 heteroatoms. The molecule has 2 aromatic carbocycles. The van der Waals surface area contributed by atoms with Gasteiger partial charge in [0.1, 0.15) is 11.3 Å². The Hall–Kier alpha value is -2.99. The van der Waals surface area contributed by atoms with Crippen LogP contribution in [0.2, 0.25) is 5.02 Å². The molecule has 0 unspecified atom stereocenters. The predicted octanol–water partition coefficient (Wildman–Crippen LogP) is 4.67. The lowest BCUT2D eigenvalue weighted by atomic mass is 10.1. The van der Waals surface area contributed by atoms with Gasteiger partial charge in [-0.2, -0.15) is 0 Å². The Kier molecular flexibility index (Phi) is 4.08. The van der Waals surface area contributed by atoms with Gasteiger partial charge < -0.3 is 19.8 Å². The number of hydrogen-bond acceptors (Lipinski definition) is 4. The minimum absolute atomic E-state index is 0.221. The highest BCUT2D eigenvalue weighted by molar-refractivity contribution is 6.32. The second-order valence-electron chi connectivity index (χ2n) is 6.57. The summed E-state index contributed by atoms with van der Waals surface area (Å²) in [6, 6.07) is 8.68. The molecule has 0 bridgehead atoms. The lowest BCUT2D eigenvalue weighted by molar-refractivity contribution is -0.122. The smallest absolute Gasteiger partial charge is 0.291 e. The van der Waals surface area contributed by atoms with Crippen molar-refractivity contribution in [2.45, 2.75) is 26.9 Å². The molecule has 3 aromatic rings. The Bertz CT molecular complexity index is 1100. The van der Waals surface area contributed by atoms with Crippen molar-refractivity contribution < 1.29 is 18.7 Å². The molecule has 6 nitrogen and oxygen atoms in total. The molecule has 1 aliphatic heterocycles. The quantitative estimate of drug-likeness (QED) is 0.672. The molecule has 1 aromatic heterocycles. The molecule has 0 aliphatic carbocycles. The van der Waals surface area contributed by atoms with Gasteiger partial charge in [0.25, 0.3) is 11.8 Å². The van der Waals surface area contributed by atoms with E-state index in [-0.39, 0.29) is 17.6 Å². The fourth-order valence-corrected chi connectivity index (χ4v) is 3.20. The van der Waals surface area contributed by atoms with Crippen LogP contribution in [-0.2, 0) is 4.79 Å². The van der Waals surface area contributed by atoms with E-state index in [4.69, 9.17) is 20.8 Å². The number of hydrogen-bond donors (Lipinski definition) is 2. The molecule has 4 rings (SSSR count). The molecular weight excluding hydrogens is 368 g/mol. The van der Waals surface area contributed by atoms with Crippen LogP contribution in [0.25, 0.3) is 11.0 Å². The van der Waals surface area contributed by atoms with Gasteiger partial charge in [0, 0.05) is 21.7 Å². The molecule has 0 saturated heterocycles. The molecule has 2 heterocycles. The van der Waals surface area contributed by atoms with Crippen LogP contribution in [0.1, 0.15) is 28.6 Å². The van der Waals surface area contributed by atoms with E-state index >= 15 is 0 Å². The van der Waals surface area contributed by atoms with Gasteiger partial charge in [-0.1, -0.05) is 11.6 Å². The Morgan fingerprint density at radius 2 is 2.00 bits per heavy atom. The van der Waals surface area contributed by atoms with Gasteiger partial charge in [0.05, 0.1) is 5.69 Å². The second kappa shape index (κ2) is 6.32. The number of ether oxygens (including phenoxy) is 1. The monoisotopic (exact) mass is 384 g/mol. The lowest BCUT2D eigenvalue weighted by Gasteiger charge is -2.23. The molecule has 27 heavy (non-hydrogen) atoms. The number of carbonyl (C=O) groups excluding carboxylic acids is 2. The standard InChI is InChI=1S/C20H17ClN2O4/c1-9-6-17-13(8-14(9)21)10(2)18(27-17)20(25)22-12-4-5-16-15(7-12)23-19(24)11(3)26-16/h4-8,11H,1-3H3,(H,22,25)(H,23,24)/t11-/m0/s1. The molecule has 1 atom stereocenters. The molecule has 2 amide bonds. The highest BCUT2D eigenvalue weighted by atomic mass is 35.5. The van der Waals surface area contributed by atoms with Crippen LogP contribution in [0.3, 0.4) is 0 Å². The van der Waals surface area contributed by atoms with Gasteiger partial charge >= 0.3 is 0 Å². The Morgan fingerprint density at radius 1 is 1.22 bits per heavy atom. The van der Waals surface area contributed by atoms with Crippen LogP contribution in [0.15, 0.2) is 34.7 Å². The van der Waals surface area contributed by atoms with Crippen molar-refractivity contribution in [2.75, 3.05) is 10.6 Å². The zero-order chi connectivity index (χ0) is 19.3. The summed E-state index contributed by atoms with van der Waals surface area (Å²) in [7, 11) is 0. The predicted molar refractivity (Wildman–Crippen MR) is 104 cm³/mol. The van der Waals surface area contributed by atoms with Crippen molar-refractivity contribution in [3.8, 4) is 5.75 Å². The molecular formula is C20H17ClN2O4. The van der Waals surface area contributed by atoms with E-state index in [2.05, 4.69) is 10.6 Å². The summed E-state index contributed by atoms with van der Waals surface area (Å²) in [5.41, 5.74) is 3.24. The number of furan rings is 1. The fraction of sp³-hybridized carbons (Fsp3) is 0.200. The van der Waals surface area contributed by atoms with E-state index in [1.165, 1.54) is 0 Å². The summed E-state index contributed by atoms with van der Waals surface area (Å²) in [6.07, 6.45) is -0.550. The number of carbonyl (C=O) groups is 2. The first-order chi connectivity index (χ1) is 12.8. The average molecular weight is 385 g/mol. The zero-order valence-corrected chi connectivity index (χ0v) is 15.7. The van der Waals surface area contributed by atoms with Crippen molar-refractivity contribution >= 4 is 45.8 Å². The largest absolute Gasteiger partial charge is 0.479 e. The normalized spacial score (nSPS) is 15.9. The lowest BCUT2D eigenvalue weighted by Crippen LogP contribution is -2.34. The first-order valence-corrected chi connectivity index (χ1v) is 8.83. The Balaban J connectivity index is 1.63. The van der Waals surface area contributed by atoms with E-state index in [1.54, 1.807) is 31.2 Å². The van der Waals surface area contributed by atoms with Crippen LogP contribution in [0, 0.1) is 13.8 Å². The van der Waals surface area contributed by atoms with Crippen molar-refractivity contribution in [1.29, 1.82) is 0 Å². The maximum Gasteiger partial charge on any atom is 0.291 e. The molecule has 2 N–H and O–H groups in total. The summed E-state index contributed by atoms with van der Waals surface area (Å²) in [5.74, 6) is 0.170. The summed E-state index contributed by atoms with van der Waals surface area (Å²) in [5, 5.41) is 6.97.